The lowest BCUT2D eigenvalue weighted by Crippen LogP contribution is -2.41. The van der Waals surface area contributed by atoms with Crippen molar-refractivity contribution in [3.63, 3.8) is 0 Å². The van der Waals surface area contributed by atoms with E-state index in [0.717, 1.165) is 12.8 Å². The number of carbonyl (C=O) groups is 1. The van der Waals surface area contributed by atoms with Crippen molar-refractivity contribution in [3.05, 3.63) is 18.0 Å². The molecule has 0 spiro atoms. The van der Waals surface area contributed by atoms with E-state index >= 15 is 0 Å². The maximum absolute atomic E-state index is 11.7. The van der Waals surface area contributed by atoms with Crippen LogP contribution in [0.3, 0.4) is 0 Å². The number of H-pyrrole nitrogens is 1. The molecule has 0 atom stereocenters. The minimum absolute atomic E-state index is 0.0437. The average Bonchev–Trinajstić information content (AvgIpc) is 2.51. The summed E-state index contributed by atoms with van der Waals surface area (Å²) in [6.45, 7) is 0. The first kappa shape index (κ1) is 8.29. The van der Waals surface area contributed by atoms with Gasteiger partial charge in [0.15, 0.2) is 0 Å². The molecule has 1 saturated carbocycles. The van der Waals surface area contributed by atoms with E-state index < -0.39 is 0 Å². The molecule has 0 bridgehead atoms. The van der Waals surface area contributed by atoms with Gasteiger partial charge >= 0.3 is 0 Å². The van der Waals surface area contributed by atoms with E-state index in [2.05, 4.69) is 10.2 Å². The first-order valence-corrected chi connectivity index (χ1v) is 4.55. The van der Waals surface area contributed by atoms with Crippen LogP contribution < -0.4 is 0 Å². The summed E-state index contributed by atoms with van der Waals surface area (Å²) in [5.74, 6) is 0.0437. The highest BCUT2D eigenvalue weighted by Gasteiger charge is 2.26. The van der Waals surface area contributed by atoms with Gasteiger partial charge < -0.3 is 4.90 Å². The number of hydrogen-bond donors (Lipinski definition) is 1. The summed E-state index contributed by atoms with van der Waals surface area (Å²) in [6.07, 6.45) is 5.11. The van der Waals surface area contributed by atoms with Gasteiger partial charge in [-0.1, -0.05) is 0 Å². The maximum Gasteiger partial charge on any atom is 0.271 e. The zero-order valence-corrected chi connectivity index (χ0v) is 7.66. The second kappa shape index (κ2) is 3.20. The first-order valence-electron chi connectivity index (χ1n) is 4.55. The van der Waals surface area contributed by atoms with Gasteiger partial charge in [-0.05, 0) is 25.3 Å². The summed E-state index contributed by atoms with van der Waals surface area (Å²) in [5.41, 5.74) is 0.578. The van der Waals surface area contributed by atoms with E-state index in [1.54, 1.807) is 17.2 Å². The van der Waals surface area contributed by atoms with E-state index in [1.807, 2.05) is 7.05 Å². The van der Waals surface area contributed by atoms with Crippen LogP contribution in [0.25, 0.3) is 0 Å². The third kappa shape index (κ3) is 1.43. The van der Waals surface area contributed by atoms with Crippen molar-refractivity contribution >= 4 is 5.91 Å². The Hall–Kier alpha value is -1.32. The topological polar surface area (TPSA) is 49.0 Å². The summed E-state index contributed by atoms with van der Waals surface area (Å²) >= 11 is 0. The van der Waals surface area contributed by atoms with Crippen LogP contribution in [0.4, 0.5) is 0 Å². The Balaban J connectivity index is 2.04. The molecule has 0 aliphatic heterocycles. The van der Waals surface area contributed by atoms with Crippen molar-refractivity contribution in [3.8, 4) is 0 Å². The number of aromatic amines is 1. The van der Waals surface area contributed by atoms with Gasteiger partial charge in [0.25, 0.3) is 5.91 Å². The SMILES string of the molecule is CN(C(=O)c1ccn[nH]1)C1CCC1. The molecule has 1 aromatic rings. The highest BCUT2D eigenvalue weighted by Crippen LogP contribution is 2.24. The van der Waals surface area contributed by atoms with E-state index in [1.165, 1.54) is 6.42 Å². The monoisotopic (exact) mass is 179 g/mol. The molecular weight excluding hydrogens is 166 g/mol. The van der Waals surface area contributed by atoms with Gasteiger partial charge in [0.2, 0.25) is 0 Å². The van der Waals surface area contributed by atoms with Crippen molar-refractivity contribution in [1.82, 2.24) is 15.1 Å². The van der Waals surface area contributed by atoms with Crippen molar-refractivity contribution in [2.75, 3.05) is 7.05 Å². The molecule has 1 N–H and O–H groups in total. The van der Waals surface area contributed by atoms with Crippen LogP contribution in [0.2, 0.25) is 0 Å². The lowest BCUT2D eigenvalue weighted by molar-refractivity contribution is 0.0646. The zero-order chi connectivity index (χ0) is 9.26. The highest BCUT2D eigenvalue weighted by molar-refractivity contribution is 5.92. The normalized spacial score (nSPS) is 16.7. The molecule has 1 aliphatic carbocycles. The number of nitrogens with one attached hydrogen (secondary N) is 1. The Kier molecular flexibility index (Phi) is 2.04. The van der Waals surface area contributed by atoms with Gasteiger partial charge in [-0.15, -0.1) is 0 Å². The molecule has 1 heterocycles. The third-order valence-electron chi connectivity index (χ3n) is 2.67. The minimum atomic E-state index is 0.0437. The molecule has 4 heteroatoms. The molecule has 0 unspecified atom stereocenters. The number of nitrogens with zero attached hydrogens (tertiary/aromatic N) is 2. The number of rotatable bonds is 2. The molecule has 0 saturated heterocycles. The van der Waals surface area contributed by atoms with Crippen LogP contribution in [0.1, 0.15) is 29.8 Å². The predicted molar refractivity (Wildman–Crippen MR) is 48.3 cm³/mol. The van der Waals surface area contributed by atoms with Crippen LogP contribution in [-0.2, 0) is 0 Å². The van der Waals surface area contributed by atoms with Crippen molar-refractivity contribution in [2.24, 2.45) is 0 Å². The van der Waals surface area contributed by atoms with E-state index in [0.29, 0.717) is 11.7 Å². The van der Waals surface area contributed by atoms with Gasteiger partial charge in [-0.3, -0.25) is 9.89 Å². The maximum atomic E-state index is 11.7. The number of carbonyl (C=O) groups excluding carboxylic acids is 1. The fourth-order valence-electron chi connectivity index (χ4n) is 1.50. The third-order valence-corrected chi connectivity index (χ3v) is 2.67. The number of hydrogen-bond acceptors (Lipinski definition) is 2. The van der Waals surface area contributed by atoms with Gasteiger partial charge in [-0.2, -0.15) is 5.10 Å². The van der Waals surface area contributed by atoms with Crippen molar-refractivity contribution in [2.45, 2.75) is 25.3 Å². The van der Waals surface area contributed by atoms with Crippen LogP contribution in [0.15, 0.2) is 12.3 Å². The molecule has 13 heavy (non-hydrogen) atoms. The van der Waals surface area contributed by atoms with Crippen molar-refractivity contribution in [1.29, 1.82) is 0 Å². The summed E-state index contributed by atoms with van der Waals surface area (Å²) in [7, 11) is 1.85. The molecule has 1 aromatic heterocycles. The summed E-state index contributed by atoms with van der Waals surface area (Å²) in [4.78, 5) is 13.5. The summed E-state index contributed by atoms with van der Waals surface area (Å²) < 4.78 is 0. The van der Waals surface area contributed by atoms with Gasteiger partial charge in [0, 0.05) is 19.3 Å². The Morgan fingerprint density at radius 3 is 2.92 bits per heavy atom. The van der Waals surface area contributed by atoms with E-state index in [-0.39, 0.29) is 5.91 Å². The molecule has 70 valence electrons. The van der Waals surface area contributed by atoms with Crippen LogP contribution >= 0.6 is 0 Å². The molecule has 2 rings (SSSR count). The molecule has 0 radical (unpaired) electrons. The Labute approximate surface area is 76.9 Å². The lowest BCUT2D eigenvalue weighted by atomic mass is 9.92. The van der Waals surface area contributed by atoms with Gasteiger partial charge in [0.05, 0.1) is 0 Å². The molecule has 1 amide bonds. The van der Waals surface area contributed by atoms with Gasteiger partial charge in [0.1, 0.15) is 5.69 Å². The van der Waals surface area contributed by atoms with Crippen molar-refractivity contribution < 1.29 is 4.79 Å². The van der Waals surface area contributed by atoms with E-state index in [9.17, 15) is 4.79 Å². The second-order valence-corrected chi connectivity index (χ2v) is 3.47. The molecular formula is C9H13N3O. The molecule has 0 aromatic carbocycles. The number of amides is 1. The minimum Gasteiger partial charge on any atom is -0.337 e. The van der Waals surface area contributed by atoms with Crippen LogP contribution in [0, 0.1) is 0 Å². The quantitative estimate of drug-likeness (QED) is 0.737. The summed E-state index contributed by atoms with van der Waals surface area (Å²) in [6, 6.07) is 2.15. The second-order valence-electron chi connectivity index (χ2n) is 3.47. The van der Waals surface area contributed by atoms with Crippen LogP contribution in [0.5, 0.6) is 0 Å². The fraction of sp³-hybridized carbons (Fsp3) is 0.556. The Morgan fingerprint density at radius 2 is 2.46 bits per heavy atom. The fourth-order valence-corrected chi connectivity index (χ4v) is 1.50. The molecule has 1 aliphatic rings. The number of aromatic nitrogens is 2. The molecule has 1 fully saturated rings. The highest BCUT2D eigenvalue weighted by atomic mass is 16.2. The lowest BCUT2D eigenvalue weighted by Gasteiger charge is -2.34. The van der Waals surface area contributed by atoms with Gasteiger partial charge in [-0.25, -0.2) is 0 Å². The predicted octanol–water partition coefficient (Wildman–Crippen LogP) is 1.03. The standard InChI is InChI=1S/C9H13N3O/c1-12(7-3-2-4-7)9(13)8-5-6-10-11-8/h5-7H,2-4H2,1H3,(H,10,11). The average molecular weight is 179 g/mol. The molecule has 4 nitrogen and oxygen atoms in total. The van der Waals surface area contributed by atoms with E-state index in [4.69, 9.17) is 0 Å². The smallest absolute Gasteiger partial charge is 0.271 e. The Morgan fingerprint density at radius 1 is 1.69 bits per heavy atom. The Bertz CT molecular complexity index is 290. The van der Waals surface area contributed by atoms with Crippen LogP contribution in [-0.4, -0.2) is 34.1 Å². The summed E-state index contributed by atoms with van der Waals surface area (Å²) in [5, 5.41) is 6.44. The first-order chi connectivity index (χ1) is 6.29. The largest absolute Gasteiger partial charge is 0.337 e. The zero-order valence-electron chi connectivity index (χ0n) is 7.66.